The van der Waals surface area contributed by atoms with Gasteiger partial charge in [-0.25, -0.2) is 4.79 Å². The minimum absolute atomic E-state index is 0.211. The normalized spacial score (nSPS) is 16.0. The molecule has 2 heterocycles. The number of hydrogen-bond acceptors (Lipinski definition) is 4. The monoisotopic (exact) mass is 392 g/mol. The molecule has 152 valence electrons. The van der Waals surface area contributed by atoms with Crippen LogP contribution in [-0.2, 0) is 17.6 Å². The molecule has 2 aromatic rings. The van der Waals surface area contributed by atoms with Crippen molar-refractivity contribution >= 4 is 11.7 Å². The van der Waals surface area contributed by atoms with E-state index in [1.165, 1.54) is 33.4 Å². The topological polar surface area (TPSA) is 51.7 Å². The number of hydrogen-bond donors (Lipinski definition) is 0. The maximum atomic E-state index is 12.1. The first-order valence-electron chi connectivity index (χ1n) is 10.4. The molecule has 5 nitrogen and oxygen atoms in total. The molecular weight excluding hydrogens is 364 g/mol. The molecule has 5 heteroatoms. The second-order valence-corrected chi connectivity index (χ2v) is 7.71. The fraction of sp³-hybridized carbons (Fsp3) is 0.417. The van der Waals surface area contributed by atoms with E-state index in [0.717, 1.165) is 37.1 Å². The van der Waals surface area contributed by atoms with Crippen molar-refractivity contribution in [2.75, 3.05) is 26.8 Å². The number of rotatable bonds is 2. The van der Waals surface area contributed by atoms with Crippen LogP contribution in [0.1, 0.15) is 47.7 Å². The van der Waals surface area contributed by atoms with E-state index in [2.05, 4.69) is 31.2 Å². The average Bonchev–Trinajstić information content (AvgIpc) is 2.90. The Kier molecular flexibility index (Phi) is 5.56. The molecule has 1 fully saturated rings. The van der Waals surface area contributed by atoms with Crippen molar-refractivity contribution < 1.29 is 14.3 Å². The summed E-state index contributed by atoms with van der Waals surface area (Å²) in [5, 5.41) is 0. The van der Waals surface area contributed by atoms with Gasteiger partial charge in [0.25, 0.3) is 0 Å². The summed E-state index contributed by atoms with van der Waals surface area (Å²) in [4.78, 5) is 18.7. The zero-order chi connectivity index (χ0) is 20.4. The highest BCUT2D eigenvalue weighted by Gasteiger charge is 2.27. The number of pyridine rings is 1. The molecule has 0 bridgehead atoms. The van der Waals surface area contributed by atoms with Crippen LogP contribution in [-0.4, -0.2) is 42.8 Å². The van der Waals surface area contributed by atoms with Crippen molar-refractivity contribution in [3.8, 4) is 5.75 Å². The molecule has 0 spiro atoms. The molecule has 1 aliphatic carbocycles. The molecular formula is C24H28N2O3. The van der Waals surface area contributed by atoms with Gasteiger partial charge in [-0.2, -0.15) is 0 Å². The lowest BCUT2D eigenvalue weighted by molar-refractivity contribution is 0.104. The zero-order valence-electron chi connectivity index (χ0n) is 17.5. The highest BCUT2D eigenvalue weighted by molar-refractivity contribution is 5.85. The number of nitrogens with zero attached hydrogens (tertiary/aromatic N) is 2. The SMILES string of the molecule is CCOC(=O)N1CCC(=C2c3ccc(C)cc3CCc3cc(OC)cnc32)CC1. The molecule has 1 aromatic heterocycles. The van der Waals surface area contributed by atoms with Crippen LogP contribution in [0.5, 0.6) is 5.75 Å². The lowest BCUT2D eigenvalue weighted by Gasteiger charge is -2.29. The number of carbonyl (C=O) groups excluding carboxylic acids is 1. The summed E-state index contributed by atoms with van der Waals surface area (Å²) in [6, 6.07) is 8.84. The predicted molar refractivity (Wildman–Crippen MR) is 113 cm³/mol. The van der Waals surface area contributed by atoms with Gasteiger partial charge in [-0.3, -0.25) is 4.98 Å². The van der Waals surface area contributed by atoms with Gasteiger partial charge in [0, 0.05) is 18.7 Å². The highest BCUT2D eigenvalue weighted by atomic mass is 16.6. The van der Waals surface area contributed by atoms with Crippen LogP contribution in [0.15, 0.2) is 36.0 Å². The van der Waals surface area contributed by atoms with Crippen LogP contribution in [0.4, 0.5) is 4.79 Å². The average molecular weight is 392 g/mol. The van der Waals surface area contributed by atoms with Crippen LogP contribution in [0.2, 0.25) is 0 Å². The third-order valence-electron chi connectivity index (χ3n) is 5.85. The Morgan fingerprint density at radius 2 is 1.86 bits per heavy atom. The maximum absolute atomic E-state index is 12.1. The Bertz CT molecular complexity index is 955. The van der Waals surface area contributed by atoms with Crippen molar-refractivity contribution in [2.24, 2.45) is 0 Å². The Hall–Kier alpha value is -2.82. The van der Waals surface area contributed by atoms with Gasteiger partial charge in [0.15, 0.2) is 0 Å². The Morgan fingerprint density at radius 3 is 2.59 bits per heavy atom. The molecule has 1 aliphatic heterocycles. The van der Waals surface area contributed by atoms with E-state index < -0.39 is 0 Å². The first-order chi connectivity index (χ1) is 14.1. The highest BCUT2D eigenvalue weighted by Crippen LogP contribution is 2.38. The van der Waals surface area contributed by atoms with Crippen LogP contribution >= 0.6 is 0 Å². The van der Waals surface area contributed by atoms with Crippen molar-refractivity contribution in [2.45, 2.75) is 39.5 Å². The van der Waals surface area contributed by atoms with E-state index in [1.807, 2.05) is 18.0 Å². The smallest absolute Gasteiger partial charge is 0.409 e. The van der Waals surface area contributed by atoms with E-state index in [0.29, 0.717) is 19.7 Å². The number of aryl methyl sites for hydroxylation is 3. The summed E-state index contributed by atoms with van der Waals surface area (Å²) in [7, 11) is 1.68. The summed E-state index contributed by atoms with van der Waals surface area (Å²) in [6.45, 7) is 5.77. The van der Waals surface area contributed by atoms with Crippen molar-refractivity contribution in [3.05, 3.63) is 64.0 Å². The molecule has 4 rings (SSSR count). The van der Waals surface area contributed by atoms with E-state index in [9.17, 15) is 4.79 Å². The molecule has 1 amide bonds. The Balaban J connectivity index is 1.77. The van der Waals surface area contributed by atoms with Gasteiger partial charge in [-0.1, -0.05) is 29.3 Å². The second-order valence-electron chi connectivity index (χ2n) is 7.71. The molecule has 0 radical (unpaired) electrons. The predicted octanol–water partition coefficient (Wildman–Crippen LogP) is 4.55. The van der Waals surface area contributed by atoms with Crippen LogP contribution in [0, 0.1) is 6.92 Å². The number of amides is 1. The standard InChI is InChI=1S/C24H28N2O3/c1-4-29-24(27)26-11-9-17(10-12-26)22-21-8-5-16(2)13-18(21)6-7-19-14-20(28-3)15-25-23(19)22/h5,8,13-15H,4,6-7,9-12H2,1-3H3. The maximum Gasteiger partial charge on any atom is 0.409 e. The zero-order valence-corrected chi connectivity index (χ0v) is 17.5. The third-order valence-corrected chi connectivity index (χ3v) is 5.85. The molecule has 0 atom stereocenters. The van der Waals surface area contributed by atoms with Crippen LogP contribution < -0.4 is 4.74 Å². The van der Waals surface area contributed by atoms with Gasteiger partial charge in [0.05, 0.1) is 25.6 Å². The number of fused-ring (bicyclic) bond motifs is 2. The molecule has 1 aromatic carbocycles. The number of piperidine rings is 1. The van der Waals surface area contributed by atoms with Gasteiger partial charge in [0.2, 0.25) is 0 Å². The number of aromatic nitrogens is 1. The van der Waals surface area contributed by atoms with E-state index in [4.69, 9.17) is 14.5 Å². The molecule has 0 N–H and O–H groups in total. The van der Waals surface area contributed by atoms with Crippen molar-refractivity contribution in [1.29, 1.82) is 0 Å². The number of carbonyl (C=O) groups is 1. The van der Waals surface area contributed by atoms with E-state index in [-0.39, 0.29) is 6.09 Å². The summed E-state index contributed by atoms with van der Waals surface area (Å²) >= 11 is 0. The molecule has 0 saturated carbocycles. The fourth-order valence-corrected chi connectivity index (χ4v) is 4.37. The number of ether oxygens (including phenoxy) is 2. The third kappa shape index (κ3) is 3.86. The molecule has 0 unspecified atom stereocenters. The lowest BCUT2D eigenvalue weighted by atomic mass is 9.88. The van der Waals surface area contributed by atoms with Crippen LogP contribution in [0.3, 0.4) is 0 Å². The van der Waals surface area contributed by atoms with Gasteiger partial charge < -0.3 is 14.4 Å². The number of benzene rings is 1. The lowest BCUT2D eigenvalue weighted by Crippen LogP contribution is -2.37. The van der Waals surface area contributed by atoms with E-state index in [1.54, 1.807) is 7.11 Å². The fourth-order valence-electron chi connectivity index (χ4n) is 4.37. The van der Waals surface area contributed by atoms with Crippen molar-refractivity contribution in [3.63, 3.8) is 0 Å². The first-order valence-corrected chi connectivity index (χ1v) is 10.4. The van der Waals surface area contributed by atoms with Gasteiger partial charge in [-0.05, 0) is 62.3 Å². The van der Waals surface area contributed by atoms with Crippen molar-refractivity contribution in [1.82, 2.24) is 9.88 Å². The Labute approximate surface area is 172 Å². The van der Waals surface area contributed by atoms with Gasteiger partial charge in [0.1, 0.15) is 5.75 Å². The Morgan fingerprint density at radius 1 is 1.10 bits per heavy atom. The summed E-state index contributed by atoms with van der Waals surface area (Å²) in [5.41, 5.74) is 8.85. The molecule has 1 saturated heterocycles. The minimum Gasteiger partial charge on any atom is -0.495 e. The molecule has 2 aliphatic rings. The number of likely N-dealkylation sites (tertiary alicyclic amines) is 1. The van der Waals surface area contributed by atoms with E-state index >= 15 is 0 Å². The molecule has 29 heavy (non-hydrogen) atoms. The quantitative estimate of drug-likeness (QED) is 0.752. The van der Waals surface area contributed by atoms with Gasteiger partial charge in [-0.15, -0.1) is 0 Å². The minimum atomic E-state index is -0.211. The van der Waals surface area contributed by atoms with Gasteiger partial charge >= 0.3 is 6.09 Å². The summed E-state index contributed by atoms with van der Waals surface area (Å²) < 4.78 is 10.6. The summed E-state index contributed by atoms with van der Waals surface area (Å²) in [6.07, 6.45) is 5.22. The largest absolute Gasteiger partial charge is 0.495 e. The first kappa shape index (κ1) is 19.5. The number of methoxy groups -OCH3 is 1. The summed E-state index contributed by atoms with van der Waals surface area (Å²) in [5.74, 6) is 0.798. The second kappa shape index (κ2) is 8.27. The van der Waals surface area contributed by atoms with Crippen LogP contribution in [0.25, 0.3) is 5.57 Å².